The molecule has 0 spiro atoms. The molecule has 0 aliphatic rings. The molecule has 27 heavy (non-hydrogen) atoms. The maximum atomic E-state index is 5.89. The van der Waals surface area contributed by atoms with Crippen molar-refractivity contribution in [1.82, 2.24) is 15.6 Å². The van der Waals surface area contributed by atoms with E-state index >= 15 is 0 Å². The Labute approximate surface area is 178 Å². The lowest BCUT2D eigenvalue weighted by Gasteiger charge is -2.12. The second kappa shape index (κ2) is 14.2. The summed E-state index contributed by atoms with van der Waals surface area (Å²) < 4.78 is 11.2. The summed E-state index contributed by atoms with van der Waals surface area (Å²) >= 11 is 0. The van der Waals surface area contributed by atoms with E-state index in [1.165, 1.54) is 0 Å². The van der Waals surface area contributed by atoms with Gasteiger partial charge in [0.15, 0.2) is 5.96 Å². The summed E-state index contributed by atoms with van der Waals surface area (Å²) in [6.07, 6.45) is 1.74. The molecule has 0 atom stereocenters. The fourth-order valence-corrected chi connectivity index (χ4v) is 2.29. The fraction of sp³-hybridized carbons (Fsp3) is 0.400. The summed E-state index contributed by atoms with van der Waals surface area (Å²) in [6, 6.07) is 13.9. The number of rotatable bonds is 10. The van der Waals surface area contributed by atoms with Crippen molar-refractivity contribution in [2.24, 2.45) is 4.99 Å². The Bertz CT molecular complexity index is 668. The number of halogens is 1. The third-order valence-corrected chi connectivity index (χ3v) is 3.56. The van der Waals surface area contributed by atoms with E-state index in [-0.39, 0.29) is 24.0 Å². The smallest absolute Gasteiger partial charge is 0.218 e. The molecule has 6 nitrogen and oxygen atoms in total. The van der Waals surface area contributed by atoms with Crippen LogP contribution in [0.4, 0.5) is 0 Å². The van der Waals surface area contributed by atoms with E-state index in [9.17, 15) is 0 Å². The molecule has 7 heteroatoms. The molecule has 1 aromatic carbocycles. The number of nitrogens with zero attached hydrogens (tertiary/aromatic N) is 2. The van der Waals surface area contributed by atoms with Gasteiger partial charge in [-0.2, -0.15) is 0 Å². The average molecular weight is 484 g/mol. The van der Waals surface area contributed by atoms with Crippen LogP contribution >= 0.6 is 24.0 Å². The summed E-state index contributed by atoms with van der Waals surface area (Å²) in [5.41, 5.74) is 2.06. The van der Waals surface area contributed by atoms with Gasteiger partial charge in [0.2, 0.25) is 5.88 Å². The van der Waals surface area contributed by atoms with Crippen molar-refractivity contribution in [3.8, 4) is 5.88 Å². The molecule has 148 valence electrons. The van der Waals surface area contributed by atoms with Gasteiger partial charge in [0, 0.05) is 31.5 Å². The molecule has 0 aliphatic carbocycles. The van der Waals surface area contributed by atoms with Crippen LogP contribution in [0, 0.1) is 0 Å². The van der Waals surface area contributed by atoms with Gasteiger partial charge in [0.05, 0.1) is 13.2 Å². The van der Waals surface area contributed by atoms with E-state index in [1.54, 1.807) is 6.20 Å². The van der Waals surface area contributed by atoms with Crippen LogP contribution in [0.3, 0.4) is 0 Å². The lowest BCUT2D eigenvalue weighted by molar-refractivity contribution is 0.152. The summed E-state index contributed by atoms with van der Waals surface area (Å²) in [5, 5.41) is 6.48. The molecule has 0 amide bonds. The number of pyridine rings is 1. The predicted octanol–water partition coefficient (Wildman–Crippen LogP) is 3.37. The van der Waals surface area contributed by atoms with Crippen molar-refractivity contribution in [2.45, 2.75) is 27.0 Å². The molecule has 0 radical (unpaired) electrons. The van der Waals surface area contributed by atoms with Gasteiger partial charge in [-0.05, 0) is 25.5 Å². The van der Waals surface area contributed by atoms with Gasteiger partial charge in [-0.3, -0.25) is 0 Å². The second-order valence-electron chi connectivity index (χ2n) is 5.56. The van der Waals surface area contributed by atoms with Gasteiger partial charge < -0.3 is 20.1 Å². The van der Waals surface area contributed by atoms with Gasteiger partial charge in [-0.15, -0.1) is 24.0 Å². The molecule has 2 N–H and O–H groups in total. The van der Waals surface area contributed by atoms with Gasteiger partial charge in [0.25, 0.3) is 0 Å². The molecule has 0 fully saturated rings. The van der Waals surface area contributed by atoms with Crippen LogP contribution in [0.2, 0.25) is 0 Å². The second-order valence-corrected chi connectivity index (χ2v) is 5.56. The Morgan fingerprint density at radius 1 is 1.07 bits per heavy atom. The molecule has 1 heterocycles. The lowest BCUT2D eigenvalue weighted by atomic mass is 10.2. The number of aliphatic imine (C=N–C) groups is 1. The summed E-state index contributed by atoms with van der Waals surface area (Å²) in [4.78, 5) is 8.97. The molecule has 2 aromatic rings. The number of benzene rings is 1. The van der Waals surface area contributed by atoms with E-state index in [4.69, 9.17) is 9.47 Å². The predicted molar refractivity (Wildman–Crippen MR) is 120 cm³/mol. The molecular formula is C20H29IN4O2. The zero-order valence-corrected chi connectivity index (χ0v) is 18.3. The SMILES string of the molecule is CCNC(=NCc1cccnc1OCc1ccccc1)NCCOCC.I. The Morgan fingerprint density at radius 2 is 1.89 bits per heavy atom. The number of hydrogen-bond acceptors (Lipinski definition) is 4. The average Bonchev–Trinajstić information content (AvgIpc) is 2.69. The van der Waals surface area contributed by atoms with E-state index in [1.807, 2.05) is 56.3 Å². The minimum atomic E-state index is 0. The highest BCUT2D eigenvalue weighted by atomic mass is 127. The van der Waals surface area contributed by atoms with Crippen molar-refractivity contribution in [3.05, 3.63) is 59.8 Å². The van der Waals surface area contributed by atoms with Crippen molar-refractivity contribution >= 4 is 29.9 Å². The third kappa shape index (κ3) is 9.05. The first-order valence-electron chi connectivity index (χ1n) is 9.04. The van der Waals surface area contributed by atoms with Crippen LogP contribution in [0.15, 0.2) is 53.7 Å². The summed E-state index contributed by atoms with van der Waals surface area (Å²) in [5.74, 6) is 1.37. The van der Waals surface area contributed by atoms with Gasteiger partial charge in [-0.25, -0.2) is 9.98 Å². The molecule has 0 saturated heterocycles. The largest absolute Gasteiger partial charge is 0.473 e. The highest BCUT2D eigenvalue weighted by Gasteiger charge is 2.06. The lowest BCUT2D eigenvalue weighted by Crippen LogP contribution is -2.39. The Hall–Kier alpha value is -1.87. The Morgan fingerprint density at radius 3 is 2.63 bits per heavy atom. The first-order valence-corrected chi connectivity index (χ1v) is 9.04. The van der Waals surface area contributed by atoms with Crippen LogP contribution in [0.5, 0.6) is 5.88 Å². The third-order valence-electron chi connectivity index (χ3n) is 3.56. The van der Waals surface area contributed by atoms with Crippen LogP contribution in [-0.2, 0) is 17.9 Å². The summed E-state index contributed by atoms with van der Waals surface area (Å²) in [7, 11) is 0. The minimum Gasteiger partial charge on any atom is -0.473 e. The molecule has 0 aliphatic heterocycles. The normalized spacial score (nSPS) is 10.8. The fourth-order valence-electron chi connectivity index (χ4n) is 2.29. The highest BCUT2D eigenvalue weighted by Crippen LogP contribution is 2.17. The maximum Gasteiger partial charge on any atom is 0.218 e. The van der Waals surface area contributed by atoms with Gasteiger partial charge >= 0.3 is 0 Å². The first-order chi connectivity index (χ1) is 12.8. The van der Waals surface area contributed by atoms with Crippen molar-refractivity contribution < 1.29 is 9.47 Å². The topological polar surface area (TPSA) is 67.8 Å². The van der Waals surface area contributed by atoms with Crippen LogP contribution in [0.1, 0.15) is 25.0 Å². The molecule has 0 saturated carbocycles. The molecule has 0 bridgehead atoms. The molecule has 2 rings (SSSR count). The van der Waals surface area contributed by atoms with Crippen molar-refractivity contribution in [1.29, 1.82) is 0 Å². The number of hydrogen-bond donors (Lipinski definition) is 2. The monoisotopic (exact) mass is 484 g/mol. The number of nitrogens with one attached hydrogen (secondary N) is 2. The zero-order valence-electron chi connectivity index (χ0n) is 16.0. The minimum absolute atomic E-state index is 0. The van der Waals surface area contributed by atoms with E-state index in [2.05, 4.69) is 20.6 Å². The quantitative estimate of drug-likeness (QED) is 0.234. The van der Waals surface area contributed by atoms with Crippen molar-refractivity contribution in [3.63, 3.8) is 0 Å². The van der Waals surface area contributed by atoms with Crippen LogP contribution in [-0.4, -0.2) is 37.2 Å². The van der Waals surface area contributed by atoms with Gasteiger partial charge in [-0.1, -0.05) is 36.4 Å². The number of ether oxygens (including phenoxy) is 2. The molecule has 0 unspecified atom stereocenters. The Balaban J connectivity index is 0.00000364. The number of aromatic nitrogens is 1. The van der Waals surface area contributed by atoms with Gasteiger partial charge in [0.1, 0.15) is 6.61 Å². The van der Waals surface area contributed by atoms with E-state index in [0.717, 1.165) is 23.6 Å². The first kappa shape index (κ1) is 23.2. The van der Waals surface area contributed by atoms with Crippen molar-refractivity contribution in [2.75, 3.05) is 26.3 Å². The van der Waals surface area contributed by atoms with E-state index < -0.39 is 0 Å². The number of guanidine groups is 1. The molecule has 1 aromatic heterocycles. The highest BCUT2D eigenvalue weighted by molar-refractivity contribution is 14.0. The maximum absolute atomic E-state index is 5.89. The zero-order chi connectivity index (χ0) is 18.5. The van der Waals surface area contributed by atoms with Crippen LogP contribution in [0.25, 0.3) is 0 Å². The standard InChI is InChI=1S/C20H28N4O2.HI/c1-3-21-20(23-13-14-25-4-2)24-15-18-11-8-12-22-19(18)26-16-17-9-6-5-7-10-17;/h5-12H,3-4,13-16H2,1-2H3,(H2,21,23,24);1H. The molecular weight excluding hydrogens is 455 g/mol. The van der Waals surface area contributed by atoms with E-state index in [0.29, 0.717) is 38.8 Å². The summed E-state index contributed by atoms with van der Waals surface area (Å²) in [6.45, 7) is 7.88. The Kier molecular flexibility index (Phi) is 12.2. The van der Waals surface area contributed by atoms with Crippen LogP contribution < -0.4 is 15.4 Å².